The third-order valence-electron chi connectivity index (χ3n) is 4.10. The number of ether oxygens (including phenoxy) is 2. The predicted octanol–water partition coefficient (Wildman–Crippen LogP) is 3.15. The van der Waals surface area contributed by atoms with Crippen molar-refractivity contribution >= 4 is 5.97 Å². The molecule has 31 heavy (non-hydrogen) atoms. The summed E-state index contributed by atoms with van der Waals surface area (Å²) in [5.74, 6) is -1.53. The Kier molecular flexibility index (Phi) is 7.47. The van der Waals surface area contributed by atoms with Crippen molar-refractivity contribution in [2.24, 2.45) is 7.05 Å². The first-order chi connectivity index (χ1) is 14.9. The van der Waals surface area contributed by atoms with Crippen molar-refractivity contribution in [3.63, 3.8) is 0 Å². The van der Waals surface area contributed by atoms with Crippen LogP contribution in [0.2, 0.25) is 0 Å². The van der Waals surface area contributed by atoms with Gasteiger partial charge in [0.05, 0.1) is 18.4 Å². The quantitative estimate of drug-likeness (QED) is 0.595. The molecule has 1 aromatic heterocycles. The number of aromatic nitrogens is 2. The van der Waals surface area contributed by atoms with Gasteiger partial charge in [-0.15, -0.1) is 0 Å². The number of carbonyl (C=O) groups excluding carboxylic acids is 1. The van der Waals surface area contributed by atoms with E-state index in [1.54, 1.807) is 30.3 Å². The summed E-state index contributed by atoms with van der Waals surface area (Å²) in [6.07, 6.45) is 0. The second kappa shape index (κ2) is 10.0. The summed E-state index contributed by atoms with van der Waals surface area (Å²) in [5.41, 5.74) is -2.73. The summed E-state index contributed by atoms with van der Waals surface area (Å²) in [4.78, 5) is 36.9. The molecule has 0 bridgehead atoms. The third kappa shape index (κ3) is 4.70. The Morgan fingerprint density at radius 1 is 1.10 bits per heavy atom. The van der Waals surface area contributed by atoms with E-state index < -0.39 is 28.7 Å². The van der Waals surface area contributed by atoms with Gasteiger partial charge in [-0.2, -0.15) is 5.26 Å². The maximum Gasteiger partial charge on any atom is 0.355 e. The average Bonchev–Trinajstić information content (AvgIpc) is 2.79. The van der Waals surface area contributed by atoms with Gasteiger partial charge in [-0.1, -0.05) is 32.0 Å². The zero-order valence-corrected chi connectivity index (χ0v) is 17.4. The van der Waals surface area contributed by atoms with Crippen molar-refractivity contribution in [1.29, 1.82) is 5.26 Å². The van der Waals surface area contributed by atoms with Crippen LogP contribution in [0.3, 0.4) is 0 Å². The summed E-state index contributed by atoms with van der Waals surface area (Å²) in [7, 11) is 2.35. The van der Waals surface area contributed by atoms with Crippen LogP contribution in [-0.2, 0) is 11.8 Å². The highest BCUT2D eigenvalue weighted by Crippen LogP contribution is 2.28. The highest BCUT2D eigenvalue weighted by atomic mass is 19.1. The van der Waals surface area contributed by atoms with Crippen molar-refractivity contribution in [2.75, 3.05) is 7.11 Å². The average molecular weight is 425 g/mol. The molecule has 0 fully saturated rings. The van der Waals surface area contributed by atoms with Crippen molar-refractivity contribution < 1.29 is 18.7 Å². The number of methoxy groups -OCH3 is 1. The number of halogens is 1. The number of para-hydroxylation sites is 1. The van der Waals surface area contributed by atoms with E-state index in [0.29, 0.717) is 10.3 Å². The number of benzene rings is 2. The van der Waals surface area contributed by atoms with Gasteiger partial charge in [0, 0.05) is 19.2 Å². The van der Waals surface area contributed by atoms with Gasteiger partial charge in [-0.3, -0.25) is 9.36 Å². The molecular formula is C22H20FN3O5. The van der Waals surface area contributed by atoms with Crippen LogP contribution in [0.15, 0.2) is 58.1 Å². The Morgan fingerprint density at radius 3 is 2.32 bits per heavy atom. The lowest BCUT2D eigenvalue weighted by atomic mass is 10.1. The molecule has 0 saturated heterocycles. The van der Waals surface area contributed by atoms with E-state index in [1.807, 2.05) is 19.9 Å². The second-order valence-electron chi connectivity index (χ2n) is 5.86. The van der Waals surface area contributed by atoms with Crippen molar-refractivity contribution in [3.05, 3.63) is 86.4 Å². The molecule has 3 aromatic rings. The molecule has 0 aliphatic rings. The van der Waals surface area contributed by atoms with E-state index in [0.717, 1.165) is 29.9 Å². The van der Waals surface area contributed by atoms with E-state index in [2.05, 4.69) is 4.74 Å². The minimum Gasteiger partial charge on any atom is -0.464 e. The summed E-state index contributed by atoms with van der Waals surface area (Å²) >= 11 is 0. The first-order valence-corrected chi connectivity index (χ1v) is 9.25. The molecule has 9 heteroatoms. The molecule has 0 unspecified atom stereocenters. The number of nitrogens with zero attached hydrogens (tertiary/aromatic N) is 3. The van der Waals surface area contributed by atoms with Crippen LogP contribution in [0.25, 0.3) is 5.69 Å². The van der Waals surface area contributed by atoms with Crippen LogP contribution in [0.4, 0.5) is 4.39 Å². The fourth-order valence-electron chi connectivity index (χ4n) is 2.65. The van der Waals surface area contributed by atoms with Crippen LogP contribution in [0.1, 0.15) is 29.9 Å². The second-order valence-corrected chi connectivity index (χ2v) is 5.86. The fourth-order valence-corrected chi connectivity index (χ4v) is 2.65. The minimum absolute atomic E-state index is 0.0407. The Balaban J connectivity index is 0.00000166. The van der Waals surface area contributed by atoms with Gasteiger partial charge in [-0.05, 0) is 18.2 Å². The minimum atomic E-state index is -0.980. The molecule has 1 heterocycles. The molecule has 160 valence electrons. The zero-order valence-electron chi connectivity index (χ0n) is 17.4. The largest absolute Gasteiger partial charge is 0.464 e. The molecule has 2 aromatic carbocycles. The standard InChI is InChI=1S/C20H14FN3O5.C2H6/c1-23-16(19(26)28-2)10-18(25)24(20(23)27)15-9-17(12(11-22)8-14(15)21)29-13-6-4-3-5-7-13;1-2/h3-10H,1-2H3;1-2H3. The van der Waals surface area contributed by atoms with Crippen molar-refractivity contribution in [3.8, 4) is 23.3 Å². The van der Waals surface area contributed by atoms with Gasteiger partial charge < -0.3 is 9.47 Å². The van der Waals surface area contributed by atoms with Gasteiger partial charge in [0.15, 0.2) is 0 Å². The maximum absolute atomic E-state index is 14.7. The Bertz CT molecular complexity index is 1260. The third-order valence-corrected chi connectivity index (χ3v) is 4.10. The van der Waals surface area contributed by atoms with E-state index >= 15 is 0 Å². The van der Waals surface area contributed by atoms with Crippen LogP contribution in [-0.4, -0.2) is 22.2 Å². The van der Waals surface area contributed by atoms with Crippen LogP contribution < -0.4 is 16.0 Å². The molecular weight excluding hydrogens is 405 g/mol. The highest BCUT2D eigenvalue weighted by Gasteiger charge is 2.20. The first-order valence-electron chi connectivity index (χ1n) is 9.25. The van der Waals surface area contributed by atoms with Gasteiger partial charge in [-0.25, -0.2) is 18.5 Å². The first kappa shape index (κ1) is 23.1. The van der Waals surface area contributed by atoms with E-state index in [4.69, 9.17) is 4.74 Å². The molecule has 0 radical (unpaired) electrons. The molecule has 8 nitrogen and oxygen atoms in total. The number of hydrogen-bond acceptors (Lipinski definition) is 6. The molecule has 0 N–H and O–H groups in total. The highest BCUT2D eigenvalue weighted by molar-refractivity contribution is 5.87. The summed E-state index contributed by atoms with van der Waals surface area (Å²) < 4.78 is 26.2. The van der Waals surface area contributed by atoms with E-state index in [-0.39, 0.29) is 17.0 Å². The fraction of sp³-hybridized carbons (Fsp3) is 0.182. The van der Waals surface area contributed by atoms with E-state index in [1.165, 1.54) is 7.05 Å². The Hall–Kier alpha value is -4.19. The predicted molar refractivity (Wildman–Crippen MR) is 111 cm³/mol. The SMILES string of the molecule is CC.COC(=O)c1cc(=O)n(-c2cc(Oc3ccccc3)c(C#N)cc2F)c(=O)n1C. The summed E-state index contributed by atoms with van der Waals surface area (Å²) in [5, 5.41) is 9.28. The smallest absolute Gasteiger partial charge is 0.355 e. The molecule has 0 saturated carbocycles. The van der Waals surface area contributed by atoms with Crippen molar-refractivity contribution in [1.82, 2.24) is 9.13 Å². The molecule has 0 spiro atoms. The topological polar surface area (TPSA) is 103 Å². The summed E-state index contributed by atoms with van der Waals surface area (Å²) in [6, 6.07) is 13.1. The van der Waals surface area contributed by atoms with Gasteiger partial charge in [0.2, 0.25) is 0 Å². The molecule has 0 aliphatic heterocycles. The van der Waals surface area contributed by atoms with Crippen LogP contribution in [0.5, 0.6) is 11.5 Å². The van der Waals surface area contributed by atoms with Gasteiger partial charge in [0.25, 0.3) is 5.56 Å². The normalized spacial score (nSPS) is 9.81. The zero-order chi connectivity index (χ0) is 23.1. The van der Waals surface area contributed by atoms with Gasteiger partial charge >= 0.3 is 11.7 Å². The number of nitriles is 1. The van der Waals surface area contributed by atoms with E-state index in [9.17, 15) is 24.0 Å². The van der Waals surface area contributed by atoms with Gasteiger partial charge in [0.1, 0.15) is 29.1 Å². The molecule has 3 rings (SSSR count). The monoisotopic (exact) mass is 425 g/mol. The van der Waals surface area contributed by atoms with Crippen LogP contribution in [0, 0.1) is 17.1 Å². The van der Waals surface area contributed by atoms with Crippen molar-refractivity contribution in [2.45, 2.75) is 13.8 Å². The Labute approximate surface area is 177 Å². The maximum atomic E-state index is 14.7. The molecule has 0 amide bonds. The lowest BCUT2D eigenvalue weighted by molar-refractivity contribution is 0.0587. The number of hydrogen-bond donors (Lipinski definition) is 0. The summed E-state index contributed by atoms with van der Waals surface area (Å²) in [6.45, 7) is 4.00. The number of esters is 1. The number of carbonyl (C=O) groups is 1. The Morgan fingerprint density at radius 2 is 1.74 bits per heavy atom. The lowest BCUT2D eigenvalue weighted by Gasteiger charge is -2.13. The number of rotatable bonds is 4. The lowest BCUT2D eigenvalue weighted by Crippen LogP contribution is -2.40. The molecule has 0 aliphatic carbocycles. The van der Waals surface area contributed by atoms with Crippen LogP contribution >= 0.6 is 0 Å². The molecule has 0 atom stereocenters.